The van der Waals surface area contributed by atoms with Crippen molar-refractivity contribution >= 4 is 33.1 Å². The Morgan fingerprint density at radius 3 is 2.48 bits per heavy atom. The largest absolute Gasteiger partial charge is 0.332 e. The molecule has 0 aliphatic heterocycles. The van der Waals surface area contributed by atoms with E-state index in [-0.39, 0.29) is 24.6 Å². The van der Waals surface area contributed by atoms with Gasteiger partial charge in [-0.25, -0.2) is 4.79 Å². The fraction of sp³-hybridized carbons (Fsp3) is 0.208. The quantitative estimate of drug-likeness (QED) is 0.504. The Morgan fingerprint density at radius 1 is 0.968 bits per heavy atom. The Labute approximate surface area is 183 Å². The summed E-state index contributed by atoms with van der Waals surface area (Å²) in [6.07, 6.45) is 0.557. The SMILES string of the molecule is Cc1ccc(NC(=O)Cn2c(=O)n(CCc3ccccc3)c(=O)c3sccc32)cc1C. The van der Waals surface area contributed by atoms with Crippen LogP contribution in [-0.4, -0.2) is 15.0 Å². The number of carbonyl (C=O) groups is 1. The highest BCUT2D eigenvalue weighted by molar-refractivity contribution is 7.17. The number of aryl methyl sites for hydroxylation is 3. The molecule has 1 N–H and O–H groups in total. The van der Waals surface area contributed by atoms with Gasteiger partial charge in [0.15, 0.2) is 0 Å². The maximum absolute atomic E-state index is 13.2. The zero-order chi connectivity index (χ0) is 22.0. The number of nitrogens with one attached hydrogen (secondary N) is 1. The van der Waals surface area contributed by atoms with E-state index < -0.39 is 5.69 Å². The summed E-state index contributed by atoms with van der Waals surface area (Å²) in [5.74, 6) is -0.314. The second-order valence-corrected chi connectivity index (χ2v) is 8.46. The molecule has 0 fully saturated rings. The van der Waals surface area contributed by atoms with Gasteiger partial charge in [0.05, 0.1) is 5.52 Å². The highest BCUT2D eigenvalue weighted by Gasteiger charge is 2.16. The minimum Gasteiger partial charge on any atom is -0.325 e. The Balaban J connectivity index is 1.64. The van der Waals surface area contributed by atoms with Crippen molar-refractivity contribution < 1.29 is 4.79 Å². The van der Waals surface area contributed by atoms with Gasteiger partial charge in [0.1, 0.15) is 11.2 Å². The Hall–Kier alpha value is -3.45. The van der Waals surface area contributed by atoms with Gasteiger partial charge in [-0.3, -0.25) is 18.7 Å². The van der Waals surface area contributed by atoms with Gasteiger partial charge in [-0.05, 0) is 60.5 Å². The van der Waals surface area contributed by atoms with Gasteiger partial charge in [-0.15, -0.1) is 11.3 Å². The molecule has 6 nitrogen and oxygen atoms in total. The molecule has 4 aromatic rings. The number of rotatable bonds is 6. The van der Waals surface area contributed by atoms with Crippen molar-refractivity contribution in [1.82, 2.24) is 9.13 Å². The molecule has 0 aliphatic carbocycles. The van der Waals surface area contributed by atoms with E-state index in [9.17, 15) is 14.4 Å². The Morgan fingerprint density at radius 2 is 1.74 bits per heavy atom. The molecule has 0 atom stereocenters. The lowest BCUT2D eigenvalue weighted by molar-refractivity contribution is -0.116. The number of aromatic nitrogens is 2. The van der Waals surface area contributed by atoms with Crippen LogP contribution in [0.5, 0.6) is 0 Å². The molecule has 1 amide bonds. The van der Waals surface area contributed by atoms with E-state index in [1.54, 1.807) is 11.4 Å². The van der Waals surface area contributed by atoms with Gasteiger partial charge in [0, 0.05) is 12.2 Å². The number of nitrogens with zero attached hydrogens (tertiary/aromatic N) is 2. The molecule has 2 heterocycles. The summed E-state index contributed by atoms with van der Waals surface area (Å²) in [5.41, 5.74) is 3.65. The summed E-state index contributed by atoms with van der Waals surface area (Å²) in [6.45, 7) is 4.08. The molecule has 0 radical (unpaired) electrons. The number of carbonyl (C=O) groups excluding carboxylic acids is 1. The lowest BCUT2D eigenvalue weighted by Gasteiger charge is -2.13. The average Bonchev–Trinajstić information content (AvgIpc) is 3.25. The van der Waals surface area contributed by atoms with E-state index in [0.29, 0.717) is 22.3 Å². The molecule has 0 aliphatic rings. The molecule has 0 saturated carbocycles. The molecule has 31 heavy (non-hydrogen) atoms. The number of hydrogen-bond donors (Lipinski definition) is 1. The molecule has 0 saturated heterocycles. The molecular weight excluding hydrogens is 410 g/mol. The first-order valence-electron chi connectivity index (χ1n) is 10.1. The Bertz CT molecular complexity index is 1370. The molecule has 0 spiro atoms. The third-order valence-electron chi connectivity index (χ3n) is 5.40. The Kier molecular flexibility index (Phi) is 5.86. The topological polar surface area (TPSA) is 73.1 Å². The van der Waals surface area contributed by atoms with Gasteiger partial charge >= 0.3 is 5.69 Å². The summed E-state index contributed by atoms with van der Waals surface area (Å²) in [5, 5.41) is 4.62. The third kappa shape index (κ3) is 4.36. The number of fused-ring (bicyclic) bond motifs is 1. The minimum atomic E-state index is -0.470. The molecule has 7 heteroatoms. The van der Waals surface area contributed by atoms with E-state index in [1.165, 1.54) is 20.5 Å². The van der Waals surface area contributed by atoms with Gasteiger partial charge in [0.25, 0.3) is 5.56 Å². The maximum Gasteiger partial charge on any atom is 0.332 e. The number of amides is 1. The van der Waals surface area contributed by atoms with Crippen LogP contribution in [0.25, 0.3) is 10.2 Å². The van der Waals surface area contributed by atoms with E-state index in [1.807, 2.05) is 62.4 Å². The molecule has 158 valence electrons. The highest BCUT2D eigenvalue weighted by atomic mass is 32.1. The second-order valence-electron chi connectivity index (χ2n) is 7.54. The molecule has 4 rings (SSSR count). The number of hydrogen-bond acceptors (Lipinski definition) is 4. The fourth-order valence-corrected chi connectivity index (χ4v) is 4.38. The van der Waals surface area contributed by atoms with Crippen molar-refractivity contribution in [3.63, 3.8) is 0 Å². The minimum absolute atomic E-state index is 0.162. The fourth-order valence-electron chi connectivity index (χ4n) is 3.53. The first-order chi connectivity index (χ1) is 14.9. The van der Waals surface area contributed by atoms with E-state index in [2.05, 4.69) is 5.32 Å². The lowest BCUT2D eigenvalue weighted by atomic mass is 10.1. The zero-order valence-corrected chi connectivity index (χ0v) is 18.2. The van der Waals surface area contributed by atoms with Crippen LogP contribution in [0.3, 0.4) is 0 Å². The normalized spacial score (nSPS) is 11.0. The van der Waals surface area contributed by atoms with E-state index in [4.69, 9.17) is 0 Å². The molecule has 2 aromatic heterocycles. The summed E-state index contributed by atoms with van der Waals surface area (Å²) >= 11 is 1.28. The van der Waals surface area contributed by atoms with Crippen molar-refractivity contribution in [2.24, 2.45) is 0 Å². The average molecular weight is 434 g/mol. The van der Waals surface area contributed by atoms with Crippen molar-refractivity contribution in [2.75, 3.05) is 5.32 Å². The monoisotopic (exact) mass is 433 g/mol. The molecule has 0 unspecified atom stereocenters. The molecule has 2 aromatic carbocycles. The van der Waals surface area contributed by atoms with Crippen molar-refractivity contribution in [3.05, 3.63) is 97.5 Å². The smallest absolute Gasteiger partial charge is 0.325 e. The van der Waals surface area contributed by atoms with Crippen LogP contribution >= 0.6 is 11.3 Å². The number of anilines is 1. The van der Waals surface area contributed by atoms with Gasteiger partial charge < -0.3 is 5.32 Å². The van der Waals surface area contributed by atoms with Gasteiger partial charge in [-0.1, -0.05) is 36.4 Å². The van der Waals surface area contributed by atoms with Crippen LogP contribution in [0.15, 0.2) is 69.6 Å². The summed E-state index contributed by atoms with van der Waals surface area (Å²) in [7, 11) is 0. The predicted octanol–water partition coefficient (Wildman–Crippen LogP) is 3.72. The lowest BCUT2D eigenvalue weighted by Crippen LogP contribution is -2.41. The van der Waals surface area contributed by atoms with E-state index in [0.717, 1.165) is 16.7 Å². The van der Waals surface area contributed by atoms with Crippen LogP contribution in [0.1, 0.15) is 16.7 Å². The van der Waals surface area contributed by atoms with Crippen LogP contribution in [0.2, 0.25) is 0 Å². The molecular formula is C24H23N3O3S. The second kappa shape index (κ2) is 8.73. The summed E-state index contributed by atoms with van der Waals surface area (Å²) in [4.78, 5) is 38.8. The van der Waals surface area contributed by atoms with Crippen molar-refractivity contribution in [1.29, 1.82) is 0 Å². The van der Waals surface area contributed by atoms with Gasteiger partial charge in [-0.2, -0.15) is 0 Å². The zero-order valence-electron chi connectivity index (χ0n) is 17.4. The first kappa shape index (κ1) is 20.8. The van der Waals surface area contributed by atoms with Crippen molar-refractivity contribution in [3.8, 4) is 0 Å². The number of thiophene rings is 1. The van der Waals surface area contributed by atoms with Crippen LogP contribution in [-0.2, 0) is 24.3 Å². The summed E-state index contributed by atoms with van der Waals surface area (Å²) in [6, 6.07) is 17.1. The number of benzene rings is 2. The van der Waals surface area contributed by atoms with E-state index >= 15 is 0 Å². The standard InChI is InChI=1S/C24H23N3O3S/c1-16-8-9-19(14-17(16)2)25-21(28)15-27-20-11-13-31-22(20)23(29)26(24(27)30)12-10-18-6-4-3-5-7-18/h3-9,11,13-14H,10,12,15H2,1-2H3,(H,25,28). The van der Waals surface area contributed by atoms with Crippen molar-refractivity contribution in [2.45, 2.75) is 33.4 Å². The molecule has 0 bridgehead atoms. The first-order valence-corrected chi connectivity index (χ1v) is 10.9. The van der Waals surface area contributed by atoms with Crippen LogP contribution < -0.4 is 16.6 Å². The third-order valence-corrected chi connectivity index (χ3v) is 6.29. The van der Waals surface area contributed by atoms with Crippen LogP contribution in [0, 0.1) is 13.8 Å². The maximum atomic E-state index is 13.2. The highest BCUT2D eigenvalue weighted by Crippen LogP contribution is 2.17. The van der Waals surface area contributed by atoms with Crippen LogP contribution in [0.4, 0.5) is 5.69 Å². The van der Waals surface area contributed by atoms with Gasteiger partial charge in [0.2, 0.25) is 5.91 Å². The predicted molar refractivity (Wildman–Crippen MR) is 125 cm³/mol. The summed E-state index contributed by atoms with van der Waals surface area (Å²) < 4.78 is 3.09.